The average Bonchev–Trinajstić information content (AvgIpc) is 3.09. The first kappa shape index (κ1) is 12.6. The lowest BCUT2D eigenvalue weighted by Gasteiger charge is -1.98. The largest absolute Gasteiger partial charge is 0.438 e. The van der Waals surface area contributed by atoms with E-state index in [9.17, 15) is 4.79 Å². The number of rotatable bonds is 3. The third-order valence-corrected chi connectivity index (χ3v) is 3.50. The molecule has 0 unspecified atom stereocenters. The van der Waals surface area contributed by atoms with Crippen LogP contribution in [0.4, 0.5) is 5.13 Å². The zero-order chi connectivity index (χ0) is 13.9. The van der Waals surface area contributed by atoms with Crippen molar-refractivity contribution in [2.24, 2.45) is 0 Å². The fourth-order valence-corrected chi connectivity index (χ4v) is 2.46. The Morgan fingerprint density at radius 3 is 2.80 bits per heavy atom. The van der Waals surface area contributed by atoms with E-state index in [2.05, 4.69) is 15.3 Å². The van der Waals surface area contributed by atoms with Crippen molar-refractivity contribution < 1.29 is 9.21 Å². The summed E-state index contributed by atoms with van der Waals surface area (Å²) in [7, 11) is 0. The van der Waals surface area contributed by atoms with Crippen molar-refractivity contribution in [1.29, 1.82) is 0 Å². The first-order chi connectivity index (χ1) is 9.74. The number of hydrogen-bond donors (Lipinski definition) is 1. The van der Waals surface area contributed by atoms with Crippen LogP contribution in [-0.2, 0) is 0 Å². The first-order valence-corrected chi connectivity index (χ1v) is 6.84. The molecule has 0 saturated heterocycles. The van der Waals surface area contributed by atoms with Crippen LogP contribution >= 0.6 is 11.3 Å². The molecule has 5 nitrogen and oxygen atoms in total. The molecule has 2 aromatic heterocycles. The number of anilines is 1. The number of aromatic nitrogens is 2. The second-order valence-electron chi connectivity index (χ2n) is 4.12. The number of carbonyl (C=O) groups is 1. The van der Waals surface area contributed by atoms with E-state index in [1.807, 2.05) is 35.7 Å². The van der Waals surface area contributed by atoms with E-state index >= 15 is 0 Å². The van der Waals surface area contributed by atoms with Crippen molar-refractivity contribution in [1.82, 2.24) is 9.97 Å². The molecule has 0 aliphatic heterocycles. The van der Waals surface area contributed by atoms with Gasteiger partial charge in [-0.15, -0.1) is 11.3 Å². The minimum Gasteiger partial charge on any atom is -0.438 e. The van der Waals surface area contributed by atoms with Gasteiger partial charge in [0.25, 0.3) is 5.91 Å². The fraction of sp³-hybridized carbons (Fsp3) is 0.0714. The van der Waals surface area contributed by atoms with E-state index in [0.717, 1.165) is 11.3 Å². The van der Waals surface area contributed by atoms with Crippen molar-refractivity contribution in [2.45, 2.75) is 6.92 Å². The Balaban J connectivity index is 1.78. The second-order valence-corrected chi connectivity index (χ2v) is 4.98. The lowest BCUT2D eigenvalue weighted by Crippen LogP contribution is -2.12. The number of nitrogens with one attached hydrogen (secondary N) is 1. The van der Waals surface area contributed by atoms with E-state index in [1.54, 1.807) is 6.92 Å². The third kappa shape index (κ3) is 2.46. The first-order valence-electron chi connectivity index (χ1n) is 5.96. The maximum absolute atomic E-state index is 12.0. The number of nitrogens with zero attached hydrogens (tertiary/aromatic N) is 2. The molecule has 0 spiro atoms. The molecule has 2 heterocycles. The lowest BCUT2D eigenvalue weighted by atomic mass is 10.2. The Kier molecular flexibility index (Phi) is 3.30. The summed E-state index contributed by atoms with van der Waals surface area (Å²) in [5.74, 6) is -0.129. The maximum atomic E-state index is 12.0. The van der Waals surface area contributed by atoms with E-state index in [-0.39, 0.29) is 11.7 Å². The summed E-state index contributed by atoms with van der Waals surface area (Å²) in [6.07, 6.45) is 1.25. The number of thiazole rings is 1. The predicted octanol–water partition coefficient (Wildman–Crippen LogP) is 3.36. The topological polar surface area (TPSA) is 68.0 Å². The number of carbonyl (C=O) groups excluding carboxylic acids is 1. The van der Waals surface area contributed by atoms with Crippen LogP contribution in [0, 0.1) is 6.92 Å². The number of aryl methyl sites for hydroxylation is 1. The molecular weight excluding hydrogens is 274 g/mol. The molecule has 1 amide bonds. The molecule has 6 heteroatoms. The molecule has 0 fully saturated rings. The number of benzene rings is 1. The maximum Gasteiger partial charge on any atom is 0.295 e. The van der Waals surface area contributed by atoms with Gasteiger partial charge in [-0.3, -0.25) is 10.1 Å². The summed E-state index contributed by atoms with van der Waals surface area (Å²) in [6.45, 7) is 1.72. The SMILES string of the molecule is Cc1ncoc1C(=O)Nc1nc(-c2ccccc2)cs1. The van der Waals surface area contributed by atoms with Gasteiger partial charge >= 0.3 is 0 Å². The summed E-state index contributed by atoms with van der Waals surface area (Å²) in [5, 5.41) is 5.14. The molecule has 1 N–H and O–H groups in total. The van der Waals surface area contributed by atoms with Crippen molar-refractivity contribution in [2.75, 3.05) is 5.32 Å². The van der Waals surface area contributed by atoms with Crippen LogP contribution in [0.5, 0.6) is 0 Å². The minimum absolute atomic E-state index is 0.210. The van der Waals surface area contributed by atoms with Crippen LogP contribution in [0.25, 0.3) is 11.3 Å². The molecule has 100 valence electrons. The lowest BCUT2D eigenvalue weighted by molar-refractivity contribution is 0.0996. The third-order valence-electron chi connectivity index (χ3n) is 2.75. The van der Waals surface area contributed by atoms with Gasteiger partial charge < -0.3 is 4.42 Å². The summed E-state index contributed by atoms with van der Waals surface area (Å²) in [5.41, 5.74) is 2.41. The van der Waals surface area contributed by atoms with Gasteiger partial charge in [-0.25, -0.2) is 9.97 Å². The second kappa shape index (κ2) is 5.26. The highest BCUT2D eigenvalue weighted by Gasteiger charge is 2.15. The molecule has 0 saturated carbocycles. The quantitative estimate of drug-likeness (QED) is 0.801. The van der Waals surface area contributed by atoms with Gasteiger partial charge in [-0.1, -0.05) is 30.3 Å². The molecule has 0 aliphatic rings. The van der Waals surface area contributed by atoms with Crippen LogP contribution in [0.1, 0.15) is 16.2 Å². The van der Waals surface area contributed by atoms with Gasteiger partial charge in [-0.2, -0.15) is 0 Å². The zero-order valence-corrected chi connectivity index (χ0v) is 11.5. The van der Waals surface area contributed by atoms with Crippen LogP contribution in [-0.4, -0.2) is 15.9 Å². The molecule has 0 bridgehead atoms. The van der Waals surface area contributed by atoms with Gasteiger partial charge in [0, 0.05) is 10.9 Å². The van der Waals surface area contributed by atoms with Crippen LogP contribution in [0.3, 0.4) is 0 Å². The van der Waals surface area contributed by atoms with Gasteiger partial charge in [0.2, 0.25) is 5.76 Å². The molecule has 0 atom stereocenters. The predicted molar refractivity (Wildman–Crippen MR) is 76.7 cm³/mol. The number of oxazole rings is 1. The average molecular weight is 285 g/mol. The molecule has 0 aliphatic carbocycles. The van der Waals surface area contributed by atoms with Crippen molar-refractivity contribution >= 4 is 22.4 Å². The van der Waals surface area contributed by atoms with Crippen molar-refractivity contribution in [3.8, 4) is 11.3 Å². The molecule has 20 heavy (non-hydrogen) atoms. The smallest absolute Gasteiger partial charge is 0.295 e. The molecular formula is C14H11N3O2S. The summed E-state index contributed by atoms with van der Waals surface area (Å²) < 4.78 is 5.04. The monoisotopic (exact) mass is 285 g/mol. The normalized spacial score (nSPS) is 10.4. The zero-order valence-electron chi connectivity index (χ0n) is 10.7. The van der Waals surface area contributed by atoms with E-state index in [1.165, 1.54) is 17.7 Å². The Hall–Kier alpha value is -2.47. The number of hydrogen-bond acceptors (Lipinski definition) is 5. The highest BCUT2D eigenvalue weighted by atomic mass is 32.1. The van der Waals surface area contributed by atoms with Gasteiger partial charge in [-0.05, 0) is 6.92 Å². The summed E-state index contributed by atoms with van der Waals surface area (Å²) in [4.78, 5) is 20.2. The van der Waals surface area contributed by atoms with E-state index < -0.39 is 0 Å². The van der Waals surface area contributed by atoms with E-state index in [4.69, 9.17) is 4.42 Å². The highest BCUT2D eigenvalue weighted by Crippen LogP contribution is 2.25. The van der Waals surface area contributed by atoms with Crippen molar-refractivity contribution in [3.63, 3.8) is 0 Å². The Morgan fingerprint density at radius 2 is 2.10 bits per heavy atom. The molecule has 0 radical (unpaired) electrons. The highest BCUT2D eigenvalue weighted by molar-refractivity contribution is 7.14. The summed E-state index contributed by atoms with van der Waals surface area (Å²) >= 11 is 1.37. The Labute approximate surface area is 119 Å². The Bertz CT molecular complexity index is 734. The molecule has 3 aromatic rings. The number of amides is 1. The molecule has 1 aromatic carbocycles. The van der Waals surface area contributed by atoms with Crippen molar-refractivity contribution in [3.05, 3.63) is 53.6 Å². The van der Waals surface area contributed by atoms with Crippen LogP contribution in [0.15, 0.2) is 46.5 Å². The van der Waals surface area contributed by atoms with Crippen LogP contribution in [0.2, 0.25) is 0 Å². The van der Waals surface area contributed by atoms with Crippen LogP contribution < -0.4 is 5.32 Å². The fourth-order valence-electron chi connectivity index (χ4n) is 1.75. The van der Waals surface area contributed by atoms with E-state index in [0.29, 0.717) is 10.8 Å². The van der Waals surface area contributed by atoms with Gasteiger partial charge in [0.1, 0.15) is 0 Å². The molecule has 3 rings (SSSR count). The van der Waals surface area contributed by atoms with Gasteiger partial charge in [0.05, 0.1) is 11.4 Å². The van der Waals surface area contributed by atoms with Gasteiger partial charge in [0.15, 0.2) is 11.5 Å². The Morgan fingerprint density at radius 1 is 1.30 bits per heavy atom. The standard InChI is InChI=1S/C14H11N3O2S/c1-9-12(19-8-15-9)13(18)17-14-16-11(7-20-14)10-5-3-2-4-6-10/h2-8H,1H3,(H,16,17,18). The minimum atomic E-state index is -0.339. The summed E-state index contributed by atoms with van der Waals surface area (Å²) in [6, 6.07) is 9.80.